The number of benzene rings is 1. The number of anilines is 2. The van der Waals surface area contributed by atoms with Gasteiger partial charge in [0.1, 0.15) is 11.6 Å². The summed E-state index contributed by atoms with van der Waals surface area (Å²) in [4.78, 5) is 4.53. The number of aryl methyl sites for hydroxylation is 2. The second-order valence-corrected chi connectivity index (χ2v) is 5.91. The molecule has 118 valence electrons. The molecular formula is C18H23ClN2O. The van der Waals surface area contributed by atoms with Gasteiger partial charge in [-0.1, -0.05) is 25.4 Å². The molecule has 0 amide bonds. The molecule has 0 bridgehead atoms. The van der Waals surface area contributed by atoms with E-state index in [1.165, 1.54) is 0 Å². The molecule has 4 heteroatoms. The number of rotatable bonds is 6. The van der Waals surface area contributed by atoms with Gasteiger partial charge in [0.25, 0.3) is 0 Å². The van der Waals surface area contributed by atoms with Gasteiger partial charge in [-0.2, -0.15) is 0 Å². The van der Waals surface area contributed by atoms with Gasteiger partial charge in [0.2, 0.25) is 0 Å². The van der Waals surface area contributed by atoms with Gasteiger partial charge in [-0.05, 0) is 50.5 Å². The predicted octanol–water partition coefficient (Wildman–Crippen LogP) is 5.66. The number of nitrogens with zero attached hydrogens (tertiary/aromatic N) is 1. The SMILES string of the molecule is CCC(CC)Oc1cc(C)nc(Nc2ccc(Cl)cc2C)c1. The molecule has 2 rings (SSSR count). The van der Waals surface area contributed by atoms with Crippen LogP contribution in [0.4, 0.5) is 11.5 Å². The highest BCUT2D eigenvalue weighted by Gasteiger charge is 2.08. The number of pyridine rings is 1. The Balaban J connectivity index is 2.22. The minimum Gasteiger partial charge on any atom is -0.490 e. The molecule has 0 radical (unpaired) electrons. The highest BCUT2D eigenvalue weighted by atomic mass is 35.5. The first-order chi connectivity index (χ1) is 10.5. The van der Waals surface area contributed by atoms with Gasteiger partial charge in [-0.3, -0.25) is 0 Å². The summed E-state index contributed by atoms with van der Waals surface area (Å²) in [6.45, 7) is 8.27. The zero-order valence-corrected chi connectivity index (χ0v) is 14.4. The van der Waals surface area contributed by atoms with E-state index in [1.54, 1.807) is 0 Å². The van der Waals surface area contributed by atoms with E-state index in [0.29, 0.717) is 0 Å². The summed E-state index contributed by atoms with van der Waals surface area (Å²) < 4.78 is 6.02. The van der Waals surface area contributed by atoms with Crippen molar-refractivity contribution in [2.24, 2.45) is 0 Å². The first kappa shape index (κ1) is 16.6. The van der Waals surface area contributed by atoms with Crippen LogP contribution in [0, 0.1) is 13.8 Å². The summed E-state index contributed by atoms with van der Waals surface area (Å²) in [6, 6.07) is 9.68. The largest absolute Gasteiger partial charge is 0.490 e. The van der Waals surface area contributed by atoms with E-state index in [-0.39, 0.29) is 6.10 Å². The lowest BCUT2D eigenvalue weighted by atomic mass is 10.2. The lowest BCUT2D eigenvalue weighted by molar-refractivity contribution is 0.192. The van der Waals surface area contributed by atoms with Crippen molar-refractivity contribution < 1.29 is 4.74 Å². The second kappa shape index (κ2) is 7.50. The number of aromatic nitrogens is 1. The van der Waals surface area contributed by atoms with Gasteiger partial charge < -0.3 is 10.1 Å². The van der Waals surface area contributed by atoms with Crippen LogP contribution in [-0.2, 0) is 0 Å². The van der Waals surface area contributed by atoms with Crippen LogP contribution in [0.1, 0.15) is 37.9 Å². The zero-order valence-electron chi connectivity index (χ0n) is 13.6. The molecule has 0 aliphatic rings. The maximum atomic E-state index is 6.02. The van der Waals surface area contributed by atoms with E-state index in [1.807, 2.05) is 44.2 Å². The van der Waals surface area contributed by atoms with Crippen molar-refractivity contribution in [3.63, 3.8) is 0 Å². The summed E-state index contributed by atoms with van der Waals surface area (Å²) in [6.07, 6.45) is 2.24. The smallest absolute Gasteiger partial charge is 0.134 e. The van der Waals surface area contributed by atoms with Gasteiger partial charge in [0.05, 0.1) is 6.10 Å². The number of nitrogens with one attached hydrogen (secondary N) is 1. The Hall–Kier alpha value is -1.74. The third kappa shape index (κ3) is 4.38. The molecule has 0 atom stereocenters. The Kier molecular flexibility index (Phi) is 5.67. The fourth-order valence-electron chi connectivity index (χ4n) is 2.32. The van der Waals surface area contributed by atoms with Crippen molar-refractivity contribution in [2.45, 2.75) is 46.6 Å². The van der Waals surface area contributed by atoms with Crippen LogP contribution in [0.15, 0.2) is 30.3 Å². The molecule has 0 unspecified atom stereocenters. The van der Waals surface area contributed by atoms with Gasteiger partial charge in [0.15, 0.2) is 0 Å². The fraction of sp³-hybridized carbons (Fsp3) is 0.389. The van der Waals surface area contributed by atoms with E-state index in [9.17, 15) is 0 Å². The molecule has 1 aromatic heterocycles. The molecule has 1 N–H and O–H groups in total. The third-order valence-electron chi connectivity index (χ3n) is 3.59. The van der Waals surface area contributed by atoms with Crippen LogP contribution in [-0.4, -0.2) is 11.1 Å². The molecule has 22 heavy (non-hydrogen) atoms. The van der Waals surface area contributed by atoms with Crippen LogP contribution in [0.5, 0.6) is 5.75 Å². The summed E-state index contributed by atoms with van der Waals surface area (Å²) in [7, 11) is 0. The van der Waals surface area contributed by atoms with Crippen molar-refractivity contribution in [3.05, 3.63) is 46.6 Å². The highest BCUT2D eigenvalue weighted by Crippen LogP contribution is 2.26. The summed E-state index contributed by atoms with van der Waals surface area (Å²) in [5.41, 5.74) is 3.01. The molecule has 0 spiro atoms. The Labute approximate surface area is 137 Å². The Morgan fingerprint density at radius 1 is 1.14 bits per heavy atom. The normalized spacial score (nSPS) is 10.8. The molecule has 3 nitrogen and oxygen atoms in total. The zero-order chi connectivity index (χ0) is 16.1. The predicted molar refractivity (Wildman–Crippen MR) is 93.4 cm³/mol. The Morgan fingerprint density at radius 3 is 2.50 bits per heavy atom. The fourth-order valence-corrected chi connectivity index (χ4v) is 2.55. The first-order valence-electron chi connectivity index (χ1n) is 7.70. The number of hydrogen-bond acceptors (Lipinski definition) is 3. The van der Waals surface area contributed by atoms with Crippen LogP contribution in [0.25, 0.3) is 0 Å². The molecular weight excluding hydrogens is 296 g/mol. The summed E-state index contributed by atoms with van der Waals surface area (Å²) in [5, 5.41) is 4.07. The lowest BCUT2D eigenvalue weighted by Gasteiger charge is -2.17. The van der Waals surface area contributed by atoms with Crippen molar-refractivity contribution in [3.8, 4) is 5.75 Å². The van der Waals surface area contributed by atoms with Crippen molar-refractivity contribution >= 4 is 23.1 Å². The lowest BCUT2D eigenvalue weighted by Crippen LogP contribution is -2.14. The van der Waals surface area contributed by atoms with Crippen LogP contribution in [0.2, 0.25) is 5.02 Å². The molecule has 1 heterocycles. The van der Waals surface area contributed by atoms with Gasteiger partial charge in [-0.25, -0.2) is 4.98 Å². The van der Waals surface area contributed by atoms with E-state index in [0.717, 1.165) is 46.4 Å². The Morgan fingerprint density at radius 2 is 1.86 bits per heavy atom. The van der Waals surface area contributed by atoms with Crippen LogP contribution < -0.4 is 10.1 Å². The third-order valence-corrected chi connectivity index (χ3v) is 3.83. The molecule has 0 aliphatic carbocycles. The van der Waals surface area contributed by atoms with E-state index < -0.39 is 0 Å². The Bertz CT molecular complexity index is 639. The average molecular weight is 319 g/mol. The minimum atomic E-state index is 0.243. The molecule has 0 aliphatic heterocycles. The van der Waals surface area contributed by atoms with E-state index in [4.69, 9.17) is 16.3 Å². The number of hydrogen-bond donors (Lipinski definition) is 1. The summed E-state index contributed by atoms with van der Waals surface area (Å²) >= 11 is 6.00. The van der Waals surface area contributed by atoms with Crippen LogP contribution in [0.3, 0.4) is 0 Å². The standard InChI is InChI=1S/C18H23ClN2O/c1-5-15(6-2)22-16-10-13(4)20-18(11-16)21-17-8-7-14(19)9-12(17)3/h7-11,15H,5-6H2,1-4H3,(H,20,21). The molecule has 1 aromatic carbocycles. The molecule has 0 saturated carbocycles. The van der Waals surface area contributed by atoms with E-state index >= 15 is 0 Å². The summed E-state index contributed by atoms with van der Waals surface area (Å²) in [5.74, 6) is 1.64. The maximum absolute atomic E-state index is 6.02. The van der Waals surface area contributed by atoms with Crippen molar-refractivity contribution in [1.82, 2.24) is 4.98 Å². The van der Waals surface area contributed by atoms with Crippen LogP contribution >= 0.6 is 11.6 Å². The maximum Gasteiger partial charge on any atom is 0.134 e. The van der Waals surface area contributed by atoms with Gasteiger partial charge >= 0.3 is 0 Å². The van der Waals surface area contributed by atoms with Crippen molar-refractivity contribution in [2.75, 3.05) is 5.32 Å². The topological polar surface area (TPSA) is 34.1 Å². The van der Waals surface area contributed by atoms with Gasteiger partial charge in [0, 0.05) is 28.5 Å². The van der Waals surface area contributed by atoms with Gasteiger partial charge in [-0.15, -0.1) is 0 Å². The quantitative estimate of drug-likeness (QED) is 0.745. The molecule has 2 aromatic rings. The van der Waals surface area contributed by atoms with Crippen molar-refractivity contribution in [1.29, 1.82) is 0 Å². The minimum absolute atomic E-state index is 0.243. The van der Waals surface area contributed by atoms with E-state index in [2.05, 4.69) is 24.1 Å². The number of halogens is 1. The molecule has 0 saturated heterocycles. The average Bonchev–Trinajstić information content (AvgIpc) is 2.47. The first-order valence-corrected chi connectivity index (χ1v) is 8.08. The monoisotopic (exact) mass is 318 g/mol. The molecule has 0 fully saturated rings. The highest BCUT2D eigenvalue weighted by molar-refractivity contribution is 6.30. The second-order valence-electron chi connectivity index (χ2n) is 5.47. The number of ether oxygens (including phenoxy) is 1.